The van der Waals surface area contributed by atoms with Crippen LogP contribution in [-0.4, -0.2) is 23.3 Å². The van der Waals surface area contributed by atoms with Gasteiger partial charge in [0, 0.05) is 16.5 Å². The van der Waals surface area contributed by atoms with Gasteiger partial charge in [-0.05, 0) is 74.2 Å². The van der Waals surface area contributed by atoms with E-state index in [4.69, 9.17) is 9.72 Å². The molecule has 0 unspecified atom stereocenters. The van der Waals surface area contributed by atoms with E-state index in [1.807, 2.05) is 69.3 Å². The first-order valence-corrected chi connectivity index (χ1v) is 10.6. The average molecular weight is 424 g/mol. The molecule has 0 aliphatic carbocycles. The monoisotopic (exact) mass is 423 g/mol. The number of ketones is 1. The number of esters is 1. The summed E-state index contributed by atoms with van der Waals surface area (Å²) in [6, 6.07) is 20.8. The largest absolute Gasteiger partial charge is 0.454 e. The maximum atomic E-state index is 13.0. The van der Waals surface area contributed by atoms with E-state index in [0.29, 0.717) is 27.7 Å². The number of Topliss-reactive ketones (excluding diaryl/α,β-unsaturated/α-hetero) is 1. The molecule has 0 atom stereocenters. The van der Waals surface area contributed by atoms with E-state index < -0.39 is 5.97 Å². The lowest BCUT2D eigenvalue weighted by Gasteiger charge is -2.11. The van der Waals surface area contributed by atoms with E-state index in [1.165, 1.54) is 5.56 Å². The van der Waals surface area contributed by atoms with Crippen LogP contribution >= 0.6 is 0 Å². The summed E-state index contributed by atoms with van der Waals surface area (Å²) in [5.41, 5.74) is 7.75. The average Bonchev–Trinajstić information content (AvgIpc) is 2.80. The van der Waals surface area contributed by atoms with E-state index in [0.717, 1.165) is 22.3 Å². The fourth-order valence-electron chi connectivity index (χ4n) is 3.60. The Kier molecular flexibility index (Phi) is 5.87. The molecule has 3 aromatic carbocycles. The second kappa shape index (κ2) is 8.75. The Labute approximate surface area is 187 Å². The number of pyridine rings is 1. The Morgan fingerprint density at radius 2 is 1.47 bits per heavy atom. The van der Waals surface area contributed by atoms with Crippen LogP contribution in [0.25, 0.3) is 22.2 Å². The normalized spacial score (nSPS) is 10.9. The van der Waals surface area contributed by atoms with Crippen molar-refractivity contribution in [3.05, 3.63) is 100 Å². The van der Waals surface area contributed by atoms with Crippen molar-refractivity contribution in [3.63, 3.8) is 0 Å². The minimum atomic E-state index is -0.536. The zero-order valence-electron chi connectivity index (χ0n) is 18.7. The molecule has 0 amide bonds. The summed E-state index contributed by atoms with van der Waals surface area (Å²) < 4.78 is 5.44. The van der Waals surface area contributed by atoms with Gasteiger partial charge in [-0.3, -0.25) is 4.79 Å². The van der Waals surface area contributed by atoms with Crippen LogP contribution < -0.4 is 0 Å². The molecular formula is C28H25NO3. The lowest BCUT2D eigenvalue weighted by molar-refractivity contribution is 0.0476. The maximum absolute atomic E-state index is 13.0. The fraction of sp³-hybridized carbons (Fsp3) is 0.179. The van der Waals surface area contributed by atoms with Crippen LogP contribution in [0.1, 0.15) is 43.0 Å². The summed E-state index contributed by atoms with van der Waals surface area (Å²) in [5.74, 6) is -0.764. The first-order chi connectivity index (χ1) is 15.3. The van der Waals surface area contributed by atoms with Crippen molar-refractivity contribution < 1.29 is 14.3 Å². The molecule has 0 bridgehead atoms. The van der Waals surface area contributed by atoms with Crippen molar-refractivity contribution in [3.8, 4) is 11.3 Å². The molecule has 4 heteroatoms. The van der Waals surface area contributed by atoms with Crippen molar-refractivity contribution in [2.75, 3.05) is 6.61 Å². The van der Waals surface area contributed by atoms with Gasteiger partial charge in [0.05, 0.1) is 16.8 Å². The third kappa shape index (κ3) is 4.30. The highest BCUT2D eigenvalue weighted by Crippen LogP contribution is 2.27. The van der Waals surface area contributed by atoms with Gasteiger partial charge >= 0.3 is 5.97 Å². The van der Waals surface area contributed by atoms with E-state index in [2.05, 4.69) is 13.0 Å². The standard InChI is InChI=1S/C28H25NO3/c1-17-9-11-21(13-19(17)3)26-15-24(23-7-5-6-8-25(23)29-26)28(31)32-16-27(30)22-12-10-18(2)20(4)14-22/h5-15H,16H2,1-4H3. The summed E-state index contributed by atoms with van der Waals surface area (Å²) in [6.07, 6.45) is 0. The number of hydrogen-bond donors (Lipinski definition) is 0. The van der Waals surface area contributed by atoms with E-state index in [1.54, 1.807) is 12.1 Å². The van der Waals surface area contributed by atoms with Crippen molar-refractivity contribution in [1.29, 1.82) is 0 Å². The SMILES string of the molecule is Cc1ccc(C(=O)COC(=O)c2cc(-c3ccc(C)c(C)c3)nc3ccccc23)cc1C. The Balaban J connectivity index is 1.64. The molecule has 1 heterocycles. The maximum Gasteiger partial charge on any atom is 0.339 e. The van der Waals surface area contributed by atoms with Gasteiger partial charge in [-0.15, -0.1) is 0 Å². The van der Waals surface area contributed by atoms with Crippen molar-refractivity contribution >= 4 is 22.7 Å². The number of carbonyl (C=O) groups is 2. The predicted molar refractivity (Wildman–Crippen MR) is 127 cm³/mol. The van der Waals surface area contributed by atoms with Crippen LogP contribution in [0.4, 0.5) is 0 Å². The molecule has 1 aromatic heterocycles. The molecule has 4 rings (SSSR count). The number of carbonyl (C=O) groups excluding carboxylic acids is 2. The number of aromatic nitrogens is 1. The number of aryl methyl sites for hydroxylation is 4. The number of benzene rings is 3. The number of nitrogens with zero attached hydrogens (tertiary/aromatic N) is 1. The summed E-state index contributed by atoms with van der Waals surface area (Å²) >= 11 is 0. The van der Waals surface area contributed by atoms with Gasteiger partial charge in [0.1, 0.15) is 0 Å². The Morgan fingerprint density at radius 3 is 2.19 bits per heavy atom. The van der Waals surface area contributed by atoms with Crippen LogP contribution in [0.15, 0.2) is 66.7 Å². The summed E-state index contributed by atoms with van der Waals surface area (Å²) in [6.45, 7) is 7.74. The predicted octanol–water partition coefficient (Wildman–Crippen LogP) is 6.18. The molecule has 4 aromatic rings. The summed E-state index contributed by atoms with van der Waals surface area (Å²) in [4.78, 5) is 30.3. The third-order valence-corrected chi connectivity index (χ3v) is 5.90. The zero-order valence-corrected chi connectivity index (χ0v) is 18.7. The van der Waals surface area contributed by atoms with Crippen molar-refractivity contribution in [2.45, 2.75) is 27.7 Å². The summed E-state index contributed by atoms with van der Waals surface area (Å²) in [7, 11) is 0. The van der Waals surface area contributed by atoms with Crippen LogP contribution in [0.3, 0.4) is 0 Å². The number of rotatable bonds is 5. The molecule has 0 fully saturated rings. The Hall–Kier alpha value is -3.79. The lowest BCUT2D eigenvalue weighted by atomic mass is 10.0. The number of hydrogen-bond acceptors (Lipinski definition) is 4. The Bertz CT molecular complexity index is 1350. The Morgan fingerprint density at radius 1 is 0.781 bits per heavy atom. The van der Waals surface area contributed by atoms with Crippen LogP contribution in [0, 0.1) is 27.7 Å². The van der Waals surface area contributed by atoms with Gasteiger partial charge in [0.25, 0.3) is 0 Å². The smallest absolute Gasteiger partial charge is 0.339 e. The molecule has 4 nitrogen and oxygen atoms in total. The quantitative estimate of drug-likeness (QED) is 0.284. The van der Waals surface area contributed by atoms with Gasteiger partial charge < -0.3 is 4.74 Å². The molecule has 0 N–H and O–H groups in total. The van der Waals surface area contributed by atoms with E-state index >= 15 is 0 Å². The fourth-order valence-corrected chi connectivity index (χ4v) is 3.60. The van der Waals surface area contributed by atoms with Crippen LogP contribution in [-0.2, 0) is 4.74 Å². The second-order valence-corrected chi connectivity index (χ2v) is 8.17. The molecule has 0 aliphatic rings. The number of fused-ring (bicyclic) bond motifs is 1. The molecule has 0 radical (unpaired) electrons. The van der Waals surface area contributed by atoms with Gasteiger partial charge in [-0.1, -0.05) is 42.5 Å². The molecule has 0 spiro atoms. The second-order valence-electron chi connectivity index (χ2n) is 8.17. The highest BCUT2D eigenvalue weighted by Gasteiger charge is 2.17. The molecular weight excluding hydrogens is 398 g/mol. The molecule has 32 heavy (non-hydrogen) atoms. The van der Waals surface area contributed by atoms with Crippen LogP contribution in [0.2, 0.25) is 0 Å². The first-order valence-electron chi connectivity index (χ1n) is 10.6. The van der Waals surface area contributed by atoms with E-state index in [-0.39, 0.29) is 12.4 Å². The van der Waals surface area contributed by atoms with Gasteiger partial charge in [0.2, 0.25) is 0 Å². The van der Waals surface area contributed by atoms with Gasteiger partial charge in [-0.2, -0.15) is 0 Å². The highest BCUT2D eigenvalue weighted by atomic mass is 16.5. The first kappa shape index (κ1) is 21.4. The minimum Gasteiger partial charge on any atom is -0.454 e. The topological polar surface area (TPSA) is 56.3 Å². The van der Waals surface area contributed by atoms with Crippen LogP contribution in [0.5, 0.6) is 0 Å². The van der Waals surface area contributed by atoms with Gasteiger partial charge in [-0.25, -0.2) is 9.78 Å². The van der Waals surface area contributed by atoms with Crippen molar-refractivity contribution in [2.24, 2.45) is 0 Å². The van der Waals surface area contributed by atoms with Crippen molar-refractivity contribution in [1.82, 2.24) is 4.98 Å². The minimum absolute atomic E-state index is 0.228. The number of para-hydroxylation sites is 1. The molecule has 0 saturated heterocycles. The summed E-state index contributed by atoms with van der Waals surface area (Å²) in [5, 5.41) is 0.698. The zero-order chi connectivity index (χ0) is 22.8. The lowest BCUT2D eigenvalue weighted by Crippen LogP contribution is -2.15. The third-order valence-electron chi connectivity index (χ3n) is 5.90. The highest BCUT2D eigenvalue weighted by molar-refractivity contribution is 6.06. The van der Waals surface area contributed by atoms with E-state index in [9.17, 15) is 9.59 Å². The molecule has 0 saturated carbocycles. The molecule has 0 aliphatic heterocycles. The molecule has 160 valence electrons. The number of ether oxygens (including phenoxy) is 1. The van der Waals surface area contributed by atoms with Gasteiger partial charge in [0.15, 0.2) is 12.4 Å².